The van der Waals surface area contributed by atoms with Crippen molar-refractivity contribution in [3.63, 3.8) is 0 Å². The lowest BCUT2D eigenvalue weighted by Gasteiger charge is -2.29. The first-order valence-electron chi connectivity index (χ1n) is 20.1. The van der Waals surface area contributed by atoms with Gasteiger partial charge in [-0.3, -0.25) is 0 Å². The van der Waals surface area contributed by atoms with Crippen molar-refractivity contribution < 1.29 is 8.78 Å². The number of hydrogen-bond donors (Lipinski definition) is 0. The lowest BCUT2D eigenvalue weighted by molar-refractivity contribution is 0.627. The monoisotopic (exact) mass is 788 g/mol. The third kappa shape index (κ3) is 6.51. The summed E-state index contributed by atoms with van der Waals surface area (Å²) in [5, 5.41) is 2.28. The van der Waals surface area contributed by atoms with E-state index in [1.54, 1.807) is 24.3 Å². The molecule has 6 heteroatoms. The maximum absolute atomic E-state index is 14.2. The highest BCUT2D eigenvalue weighted by Crippen LogP contribution is 2.56. The summed E-state index contributed by atoms with van der Waals surface area (Å²) in [5.74, 6) is 0.506. The van der Waals surface area contributed by atoms with Gasteiger partial charge in [-0.1, -0.05) is 121 Å². The minimum absolute atomic E-state index is 0.356. The summed E-state index contributed by atoms with van der Waals surface area (Å²) in [4.78, 5) is 17.3. The van der Waals surface area contributed by atoms with E-state index in [-0.39, 0.29) is 11.6 Å². The topological polar surface area (TPSA) is 41.9 Å². The molecular formula is C55H34F2N4. The predicted octanol–water partition coefficient (Wildman–Crippen LogP) is 14.8. The van der Waals surface area contributed by atoms with Crippen molar-refractivity contribution in [1.29, 1.82) is 0 Å². The zero-order chi connectivity index (χ0) is 40.9. The van der Waals surface area contributed by atoms with Crippen LogP contribution in [0.15, 0.2) is 206 Å². The SMILES string of the molecule is Fc1ccc(-c2nc(-c3ccc(F)cc3)nc(-c3ccc(N(c4ccc(-c5ccccc5)cc4)c4ccc(-c5ccccc5)cc4)c4c3-c3cccc5cccc-4c35)n2)cc1. The van der Waals surface area contributed by atoms with Gasteiger partial charge in [-0.15, -0.1) is 0 Å². The molecule has 11 rings (SSSR count). The smallest absolute Gasteiger partial charge is 0.164 e. The van der Waals surface area contributed by atoms with E-state index < -0.39 is 0 Å². The van der Waals surface area contributed by atoms with Gasteiger partial charge in [0.05, 0.1) is 5.69 Å². The van der Waals surface area contributed by atoms with Crippen LogP contribution < -0.4 is 4.90 Å². The van der Waals surface area contributed by atoms with Crippen molar-refractivity contribution >= 4 is 27.8 Å². The first-order chi connectivity index (χ1) is 30.1. The van der Waals surface area contributed by atoms with Gasteiger partial charge in [-0.05, 0) is 129 Å². The lowest BCUT2D eigenvalue weighted by Crippen LogP contribution is -2.12. The van der Waals surface area contributed by atoms with E-state index in [1.807, 2.05) is 12.1 Å². The maximum Gasteiger partial charge on any atom is 0.164 e. The first-order valence-corrected chi connectivity index (χ1v) is 20.1. The quantitative estimate of drug-likeness (QED) is 0.154. The fourth-order valence-electron chi connectivity index (χ4n) is 8.52. The Hall–Kier alpha value is -8.09. The van der Waals surface area contributed by atoms with Crippen molar-refractivity contribution in [2.45, 2.75) is 0 Å². The number of aromatic nitrogens is 3. The molecule has 10 aromatic rings. The molecule has 0 N–H and O–H groups in total. The summed E-state index contributed by atoms with van der Waals surface area (Å²) in [7, 11) is 0. The number of anilines is 3. The molecule has 0 saturated carbocycles. The highest BCUT2D eigenvalue weighted by molar-refractivity contribution is 6.21. The van der Waals surface area contributed by atoms with Crippen LogP contribution in [0.1, 0.15) is 0 Å². The Kier molecular flexibility index (Phi) is 8.82. The molecule has 1 heterocycles. The average molecular weight is 789 g/mol. The Bertz CT molecular complexity index is 3070. The molecule has 61 heavy (non-hydrogen) atoms. The second kappa shape index (κ2) is 14.9. The van der Waals surface area contributed by atoms with Crippen LogP contribution in [0.3, 0.4) is 0 Å². The number of halogens is 2. The van der Waals surface area contributed by atoms with E-state index in [1.165, 1.54) is 24.3 Å². The molecule has 1 aliphatic carbocycles. The van der Waals surface area contributed by atoms with Gasteiger partial charge in [0.1, 0.15) is 11.6 Å². The average Bonchev–Trinajstić information content (AvgIpc) is 3.66. The summed E-state index contributed by atoms with van der Waals surface area (Å²) in [6.07, 6.45) is 0. The molecule has 9 aromatic carbocycles. The Morgan fingerprint density at radius 1 is 0.311 bits per heavy atom. The minimum atomic E-state index is -0.356. The van der Waals surface area contributed by atoms with Crippen molar-refractivity contribution in [3.8, 4) is 78.7 Å². The van der Waals surface area contributed by atoms with Gasteiger partial charge < -0.3 is 4.90 Å². The second-order valence-corrected chi connectivity index (χ2v) is 15.1. The molecule has 0 atom stereocenters. The minimum Gasteiger partial charge on any atom is -0.310 e. The molecule has 0 aliphatic heterocycles. The van der Waals surface area contributed by atoms with Crippen molar-refractivity contribution in [1.82, 2.24) is 15.0 Å². The fourth-order valence-corrected chi connectivity index (χ4v) is 8.52. The third-order valence-electron chi connectivity index (χ3n) is 11.4. The van der Waals surface area contributed by atoms with Crippen LogP contribution in [0.2, 0.25) is 0 Å². The molecule has 288 valence electrons. The van der Waals surface area contributed by atoms with Gasteiger partial charge in [0, 0.05) is 39.2 Å². The third-order valence-corrected chi connectivity index (χ3v) is 11.4. The number of rotatable bonds is 8. The Balaban J connectivity index is 1.15. The van der Waals surface area contributed by atoms with E-state index in [0.29, 0.717) is 28.6 Å². The summed E-state index contributed by atoms with van der Waals surface area (Å²) in [5.41, 5.74) is 13.9. The number of nitrogens with zero attached hydrogens (tertiary/aromatic N) is 4. The van der Waals surface area contributed by atoms with Crippen LogP contribution >= 0.6 is 0 Å². The first kappa shape index (κ1) is 36.0. The van der Waals surface area contributed by atoms with Gasteiger partial charge in [-0.25, -0.2) is 23.7 Å². The highest BCUT2D eigenvalue weighted by Gasteiger charge is 2.31. The maximum atomic E-state index is 14.2. The lowest BCUT2D eigenvalue weighted by atomic mass is 9.94. The molecule has 4 nitrogen and oxygen atoms in total. The molecule has 0 amide bonds. The Labute approximate surface area is 351 Å². The Morgan fingerprint density at radius 3 is 1.23 bits per heavy atom. The van der Waals surface area contributed by atoms with Gasteiger partial charge in [0.25, 0.3) is 0 Å². The van der Waals surface area contributed by atoms with Crippen LogP contribution in [-0.4, -0.2) is 15.0 Å². The zero-order valence-corrected chi connectivity index (χ0v) is 32.7. The summed E-state index contributed by atoms with van der Waals surface area (Å²) in [6, 6.07) is 67.7. The molecule has 0 radical (unpaired) electrons. The number of fused-ring (bicyclic) bond motifs is 3. The van der Waals surface area contributed by atoms with Crippen molar-refractivity contribution in [3.05, 3.63) is 218 Å². The largest absolute Gasteiger partial charge is 0.310 e. The van der Waals surface area contributed by atoms with Crippen LogP contribution in [0.4, 0.5) is 25.8 Å². The molecule has 0 unspecified atom stereocenters. The summed E-state index contributed by atoms with van der Waals surface area (Å²) in [6.45, 7) is 0. The molecule has 0 bridgehead atoms. The molecule has 0 spiro atoms. The van der Waals surface area contributed by atoms with E-state index in [9.17, 15) is 8.78 Å². The van der Waals surface area contributed by atoms with Crippen LogP contribution in [0.5, 0.6) is 0 Å². The van der Waals surface area contributed by atoms with E-state index in [0.717, 1.165) is 77.9 Å². The van der Waals surface area contributed by atoms with Crippen LogP contribution in [0, 0.1) is 11.6 Å². The van der Waals surface area contributed by atoms with Gasteiger partial charge in [0.15, 0.2) is 17.5 Å². The van der Waals surface area contributed by atoms with E-state index in [2.05, 4.69) is 150 Å². The molecule has 0 saturated heterocycles. The van der Waals surface area contributed by atoms with Crippen molar-refractivity contribution in [2.75, 3.05) is 4.90 Å². The Morgan fingerprint density at radius 2 is 0.738 bits per heavy atom. The van der Waals surface area contributed by atoms with Gasteiger partial charge >= 0.3 is 0 Å². The van der Waals surface area contributed by atoms with Crippen LogP contribution in [-0.2, 0) is 0 Å². The van der Waals surface area contributed by atoms with Gasteiger partial charge in [0.2, 0.25) is 0 Å². The zero-order valence-electron chi connectivity index (χ0n) is 32.7. The van der Waals surface area contributed by atoms with E-state index in [4.69, 9.17) is 15.0 Å². The standard InChI is InChI=1S/C55H34F2N4/c56-42-25-17-40(18-26-42)53-58-54(41-19-27-43(57)28-20-41)60-55(59-53)48-33-34-49(52-47-16-8-14-39-13-7-15-46(50(39)47)51(48)52)61(44-29-21-37(22-30-44)35-9-3-1-4-10-35)45-31-23-38(24-32-45)36-11-5-2-6-12-36/h1-34H. The van der Waals surface area contributed by atoms with Gasteiger partial charge in [-0.2, -0.15) is 0 Å². The normalized spacial score (nSPS) is 11.4. The predicted molar refractivity (Wildman–Crippen MR) is 244 cm³/mol. The summed E-state index contributed by atoms with van der Waals surface area (Å²) < 4.78 is 28.3. The van der Waals surface area contributed by atoms with Crippen LogP contribution in [0.25, 0.3) is 89.4 Å². The molecule has 1 aliphatic rings. The fraction of sp³-hybridized carbons (Fsp3) is 0. The second-order valence-electron chi connectivity index (χ2n) is 15.1. The summed E-state index contributed by atoms with van der Waals surface area (Å²) >= 11 is 0. The molecular weight excluding hydrogens is 755 g/mol. The highest BCUT2D eigenvalue weighted by atomic mass is 19.1. The molecule has 1 aromatic heterocycles. The number of hydrogen-bond acceptors (Lipinski definition) is 4. The number of benzene rings is 9. The van der Waals surface area contributed by atoms with Crippen molar-refractivity contribution in [2.24, 2.45) is 0 Å². The molecule has 0 fully saturated rings. The van der Waals surface area contributed by atoms with E-state index >= 15 is 0 Å².